The third kappa shape index (κ3) is 4.20. The summed E-state index contributed by atoms with van der Waals surface area (Å²) in [6, 6.07) is 3.96. The standard InChI is InChI=1S/C14H19BrN2O.ClH/c1-9-7-11(8-10(2)13(9)15)17-14(18)12-5-3-4-6-16-12;/h7-8,12,16H,3-6H2,1-2H3,(H,17,18);1H. The molecular formula is C14H20BrClN2O. The molecule has 106 valence electrons. The molecule has 3 nitrogen and oxygen atoms in total. The molecular weight excluding hydrogens is 328 g/mol. The highest BCUT2D eigenvalue weighted by atomic mass is 79.9. The van der Waals surface area contributed by atoms with Crippen LogP contribution in [0.1, 0.15) is 30.4 Å². The Morgan fingerprint density at radius 2 is 1.95 bits per heavy atom. The number of benzene rings is 1. The van der Waals surface area contributed by atoms with Crippen LogP contribution in [0, 0.1) is 13.8 Å². The van der Waals surface area contributed by atoms with Crippen LogP contribution in [0.2, 0.25) is 0 Å². The van der Waals surface area contributed by atoms with Gasteiger partial charge in [0.25, 0.3) is 0 Å². The molecule has 0 saturated carbocycles. The molecule has 1 fully saturated rings. The maximum Gasteiger partial charge on any atom is 0.241 e. The minimum atomic E-state index is -0.0389. The van der Waals surface area contributed by atoms with E-state index in [1.165, 1.54) is 6.42 Å². The molecule has 1 atom stereocenters. The molecule has 1 aromatic rings. The number of amides is 1. The first-order chi connectivity index (χ1) is 8.58. The first-order valence-electron chi connectivity index (χ1n) is 6.39. The summed E-state index contributed by atoms with van der Waals surface area (Å²) < 4.78 is 1.11. The SMILES string of the molecule is Cc1cc(NC(=O)C2CCCCN2)cc(C)c1Br.Cl. The van der Waals surface area contributed by atoms with Crippen molar-refractivity contribution < 1.29 is 4.79 Å². The van der Waals surface area contributed by atoms with E-state index in [1.54, 1.807) is 0 Å². The number of anilines is 1. The normalized spacial score (nSPS) is 18.6. The van der Waals surface area contributed by atoms with Crippen LogP contribution < -0.4 is 10.6 Å². The Hall–Kier alpha value is -0.580. The molecule has 1 aliphatic rings. The maximum atomic E-state index is 12.1. The van der Waals surface area contributed by atoms with Crippen molar-refractivity contribution in [2.75, 3.05) is 11.9 Å². The molecule has 0 aromatic heterocycles. The highest BCUT2D eigenvalue weighted by molar-refractivity contribution is 9.10. The van der Waals surface area contributed by atoms with Crippen molar-refractivity contribution in [1.29, 1.82) is 0 Å². The van der Waals surface area contributed by atoms with Crippen LogP contribution in [-0.2, 0) is 4.79 Å². The molecule has 1 heterocycles. The van der Waals surface area contributed by atoms with E-state index in [9.17, 15) is 4.79 Å². The fourth-order valence-corrected chi connectivity index (χ4v) is 2.55. The second-order valence-electron chi connectivity index (χ2n) is 4.92. The molecule has 1 aromatic carbocycles. The van der Waals surface area contributed by atoms with Crippen molar-refractivity contribution in [1.82, 2.24) is 5.32 Å². The lowest BCUT2D eigenvalue weighted by Crippen LogP contribution is -2.43. The molecule has 2 N–H and O–H groups in total. The summed E-state index contributed by atoms with van der Waals surface area (Å²) >= 11 is 3.53. The van der Waals surface area contributed by atoms with Gasteiger partial charge in [0, 0.05) is 10.2 Å². The largest absolute Gasteiger partial charge is 0.325 e. The number of carbonyl (C=O) groups excluding carboxylic acids is 1. The summed E-state index contributed by atoms with van der Waals surface area (Å²) in [5.74, 6) is 0.0795. The average molecular weight is 348 g/mol. The van der Waals surface area contributed by atoms with Gasteiger partial charge in [-0.15, -0.1) is 12.4 Å². The predicted octanol–water partition coefficient (Wildman–Crippen LogP) is 3.57. The van der Waals surface area contributed by atoms with E-state index in [2.05, 4.69) is 26.6 Å². The van der Waals surface area contributed by atoms with E-state index < -0.39 is 0 Å². The van der Waals surface area contributed by atoms with Gasteiger partial charge in [0.15, 0.2) is 0 Å². The highest BCUT2D eigenvalue weighted by Gasteiger charge is 2.20. The summed E-state index contributed by atoms with van der Waals surface area (Å²) in [7, 11) is 0. The van der Waals surface area contributed by atoms with Crippen LogP contribution in [0.25, 0.3) is 0 Å². The summed E-state index contributed by atoms with van der Waals surface area (Å²) in [6.45, 7) is 5.01. The molecule has 0 aliphatic carbocycles. The van der Waals surface area contributed by atoms with Gasteiger partial charge in [-0.2, -0.15) is 0 Å². The molecule has 1 saturated heterocycles. The fourth-order valence-electron chi connectivity index (χ4n) is 2.32. The number of piperidine rings is 1. The van der Waals surface area contributed by atoms with Gasteiger partial charge < -0.3 is 10.6 Å². The number of nitrogens with one attached hydrogen (secondary N) is 2. The van der Waals surface area contributed by atoms with E-state index in [0.29, 0.717) is 0 Å². The monoisotopic (exact) mass is 346 g/mol. The fraction of sp³-hybridized carbons (Fsp3) is 0.500. The molecule has 1 aliphatic heterocycles. The Morgan fingerprint density at radius 3 is 2.47 bits per heavy atom. The van der Waals surface area contributed by atoms with E-state index in [4.69, 9.17) is 0 Å². The van der Waals surface area contributed by atoms with Crippen molar-refractivity contribution in [3.63, 3.8) is 0 Å². The zero-order valence-electron chi connectivity index (χ0n) is 11.3. The Bertz CT molecular complexity index is 436. The van der Waals surface area contributed by atoms with E-state index >= 15 is 0 Å². The molecule has 2 rings (SSSR count). The lowest BCUT2D eigenvalue weighted by molar-refractivity contribution is -0.118. The first kappa shape index (κ1) is 16.5. The molecule has 5 heteroatoms. The molecule has 0 radical (unpaired) electrons. The number of rotatable bonds is 2. The van der Waals surface area contributed by atoms with Gasteiger partial charge in [0.05, 0.1) is 6.04 Å². The first-order valence-corrected chi connectivity index (χ1v) is 7.18. The number of halogens is 2. The van der Waals surface area contributed by atoms with Crippen molar-refractivity contribution in [2.24, 2.45) is 0 Å². The van der Waals surface area contributed by atoms with Crippen LogP contribution in [-0.4, -0.2) is 18.5 Å². The molecule has 19 heavy (non-hydrogen) atoms. The van der Waals surface area contributed by atoms with Gasteiger partial charge in [-0.05, 0) is 56.5 Å². The van der Waals surface area contributed by atoms with Gasteiger partial charge in [0.1, 0.15) is 0 Å². The summed E-state index contributed by atoms with van der Waals surface area (Å²) in [5, 5.41) is 6.26. The van der Waals surface area contributed by atoms with Crippen LogP contribution in [0.15, 0.2) is 16.6 Å². The van der Waals surface area contributed by atoms with Gasteiger partial charge in [-0.1, -0.05) is 22.4 Å². The van der Waals surface area contributed by atoms with Crippen molar-refractivity contribution in [2.45, 2.75) is 39.2 Å². The van der Waals surface area contributed by atoms with Gasteiger partial charge in [-0.25, -0.2) is 0 Å². The highest BCUT2D eigenvalue weighted by Crippen LogP contribution is 2.25. The Morgan fingerprint density at radius 1 is 1.32 bits per heavy atom. The average Bonchev–Trinajstić information content (AvgIpc) is 2.37. The summed E-state index contributed by atoms with van der Waals surface area (Å²) in [4.78, 5) is 12.1. The van der Waals surface area contributed by atoms with Crippen LogP contribution in [0.5, 0.6) is 0 Å². The van der Waals surface area contributed by atoms with Crippen LogP contribution in [0.3, 0.4) is 0 Å². The second-order valence-corrected chi connectivity index (χ2v) is 5.71. The maximum absolute atomic E-state index is 12.1. The van der Waals surface area contributed by atoms with Gasteiger partial charge in [0.2, 0.25) is 5.91 Å². The second kappa shape index (κ2) is 7.27. The quantitative estimate of drug-likeness (QED) is 0.858. The van der Waals surface area contributed by atoms with E-state index in [0.717, 1.165) is 40.7 Å². The van der Waals surface area contributed by atoms with E-state index in [-0.39, 0.29) is 24.4 Å². The number of hydrogen-bond acceptors (Lipinski definition) is 2. The third-order valence-corrected chi connectivity index (χ3v) is 4.58. The van der Waals surface area contributed by atoms with E-state index in [1.807, 2.05) is 26.0 Å². The lowest BCUT2D eigenvalue weighted by atomic mass is 10.0. The molecule has 1 unspecified atom stereocenters. The molecule has 1 amide bonds. The lowest BCUT2D eigenvalue weighted by Gasteiger charge is -2.22. The van der Waals surface area contributed by atoms with Crippen LogP contribution >= 0.6 is 28.3 Å². The van der Waals surface area contributed by atoms with Crippen molar-refractivity contribution in [3.05, 3.63) is 27.7 Å². The Balaban J connectivity index is 0.00000180. The molecule has 0 bridgehead atoms. The Kier molecular flexibility index (Phi) is 6.30. The van der Waals surface area contributed by atoms with Gasteiger partial charge >= 0.3 is 0 Å². The number of aryl methyl sites for hydroxylation is 2. The Labute approximate surface area is 129 Å². The predicted molar refractivity (Wildman–Crippen MR) is 85.1 cm³/mol. The van der Waals surface area contributed by atoms with Crippen molar-refractivity contribution >= 4 is 39.9 Å². The molecule has 0 spiro atoms. The number of carbonyl (C=O) groups is 1. The third-order valence-electron chi connectivity index (χ3n) is 3.33. The smallest absolute Gasteiger partial charge is 0.241 e. The summed E-state index contributed by atoms with van der Waals surface area (Å²) in [5.41, 5.74) is 3.16. The van der Waals surface area contributed by atoms with Crippen LogP contribution in [0.4, 0.5) is 5.69 Å². The summed E-state index contributed by atoms with van der Waals surface area (Å²) in [6.07, 6.45) is 3.23. The zero-order chi connectivity index (χ0) is 13.1. The van der Waals surface area contributed by atoms with Crippen molar-refractivity contribution in [3.8, 4) is 0 Å². The topological polar surface area (TPSA) is 41.1 Å². The minimum Gasteiger partial charge on any atom is -0.325 e. The van der Waals surface area contributed by atoms with Gasteiger partial charge in [-0.3, -0.25) is 4.79 Å². The number of hydrogen-bond donors (Lipinski definition) is 2. The minimum absolute atomic E-state index is 0. The zero-order valence-corrected chi connectivity index (χ0v) is 13.7.